The van der Waals surface area contributed by atoms with Crippen molar-refractivity contribution in [3.63, 3.8) is 0 Å². The molecular weight excluding hydrogens is 754 g/mol. The van der Waals surface area contributed by atoms with E-state index in [-0.39, 0.29) is 30.2 Å². The maximum atomic E-state index is 14.2. The molecule has 0 aliphatic carbocycles. The monoisotopic (exact) mass is 811 g/mol. The van der Waals surface area contributed by atoms with E-state index in [0.29, 0.717) is 30.0 Å². The van der Waals surface area contributed by atoms with Crippen molar-refractivity contribution in [2.45, 2.75) is 109 Å². The molecule has 1 aromatic carbocycles. The largest absolute Gasteiger partial charge is 0.495 e. The van der Waals surface area contributed by atoms with E-state index in [2.05, 4.69) is 11.2 Å². The molecule has 0 radical (unpaired) electrons. The summed E-state index contributed by atoms with van der Waals surface area (Å²) in [5.74, 6) is 1.13. The van der Waals surface area contributed by atoms with Gasteiger partial charge in [-0.25, -0.2) is 9.59 Å². The summed E-state index contributed by atoms with van der Waals surface area (Å²) < 4.78 is 40.8. The van der Waals surface area contributed by atoms with Crippen LogP contribution in [0.15, 0.2) is 23.8 Å². The Hall–Kier alpha value is -3.68. The maximum absolute atomic E-state index is 14.2. The Bertz CT molecular complexity index is 1730. The van der Waals surface area contributed by atoms with E-state index >= 15 is 0 Å². The van der Waals surface area contributed by atoms with E-state index in [1.807, 2.05) is 6.92 Å². The van der Waals surface area contributed by atoms with Crippen LogP contribution in [0.4, 0.5) is 10.5 Å². The number of allylic oxidation sites excluding steroid dienone is 2. The van der Waals surface area contributed by atoms with Crippen LogP contribution in [0, 0.1) is 18.3 Å². The van der Waals surface area contributed by atoms with Gasteiger partial charge in [0.15, 0.2) is 5.72 Å². The fourth-order valence-corrected chi connectivity index (χ4v) is 7.89. The summed E-state index contributed by atoms with van der Waals surface area (Å²) in [5.41, 5.74) is -0.932. The Labute approximate surface area is 330 Å². The number of carbonyl (C=O) groups is 4. The summed E-state index contributed by atoms with van der Waals surface area (Å²) in [5, 5.41) is 13.8. The number of aliphatic hydroxyl groups is 1. The third kappa shape index (κ3) is 11.4. The predicted octanol–water partition coefficient (Wildman–Crippen LogP) is 3.65. The number of nitrogens with one attached hydrogen (secondary N) is 1. The molecule has 8 atom stereocenters. The van der Waals surface area contributed by atoms with Gasteiger partial charge in [0.25, 0.3) is 0 Å². The number of esters is 1. The van der Waals surface area contributed by atoms with E-state index in [4.69, 9.17) is 41.7 Å². The summed E-state index contributed by atoms with van der Waals surface area (Å²) in [6.07, 6.45) is 6.69. The number of methoxy groups -OCH3 is 2. The van der Waals surface area contributed by atoms with Crippen LogP contribution in [-0.4, -0.2) is 126 Å². The third-order valence-electron chi connectivity index (χ3n) is 10.6. The number of rotatable bonds is 18. The van der Waals surface area contributed by atoms with Crippen LogP contribution in [0.5, 0.6) is 5.75 Å². The Morgan fingerprint density at radius 3 is 2.44 bits per heavy atom. The van der Waals surface area contributed by atoms with Crippen LogP contribution in [-0.2, 0) is 49.7 Å². The number of terminal acetylenes is 1. The molecule has 3 amide bonds. The maximum Gasteiger partial charge on any atom is 0.409 e. The number of cyclic esters (lactones) is 1. The molecule has 0 saturated carbocycles. The third-order valence-corrected chi connectivity index (χ3v) is 12.3. The van der Waals surface area contributed by atoms with Crippen molar-refractivity contribution in [3.8, 4) is 18.1 Å². The zero-order valence-electron chi connectivity index (χ0n) is 33.8. The van der Waals surface area contributed by atoms with Gasteiger partial charge in [0.2, 0.25) is 11.8 Å². The van der Waals surface area contributed by atoms with Crippen LogP contribution < -0.4 is 15.0 Å². The second-order valence-electron chi connectivity index (χ2n) is 15.3. The van der Waals surface area contributed by atoms with Crippen LogP contribution in [0.2, 0.25) is 5.02 Å². The number of halogens is 1. The molecule has 2 heterocycles. The SMILES string of the molecule is C#C/C=C(\C)Cc1cc(OC)c(Cl)c(N(C)C(=O)C[C@H](OC(=O)[C@H](C)N(C)C(=O)CCC[SH](C)(C)=O)C2(C)O[C@H]2[C@H](C)[C@@H]2C[C@](O)([C@@H](C)OC)NC(=O)O2)c1. The van der Waals surface area contributed by atoms with Gasteiger partial charge >= 0.3 is 12.1 Å². The van der Waals surface area contributed by atoms with Crippen LogP contribution in [0.25, 0.3) is 0 Å². The van der Waals surface area contributed by atoms with Gasteiger partial charge in [0.05, 0.1) is 25.3 Å². The number of ether oxygens (including phenoxy) is 5. The fraction of sp³-hybridized carbons (Fsp3) is 0.641. The smallest absolute Gasteiger partial charge is 0.409 e. The minimum atomic E-state index is -2.32. The summed E-state index contributed by atoms with van der Waals surface area (Å²) in [6, 6.07) is 2.48. The molecule has 0 bridgehead atoms. The molecule has 14 nitrogen and oxygen atoms in total. The van der Waals surface area contributed by atoms with Gasteiger partial charge < -0.3 is 38.6 Å². The molecule has 2 fully saturated rings. The van der Waals surface area contributed by atoms with Gasteiger partial charge in [-0.2, -0.15) is 0 Å². The number of hydrogen-bond donors (Lipinski definition) is 3. The summed E-state index contributed by atoms with van der Waals surface area (Å²) in [6.45, 7) is 8.48. The van der Waals surface area contributed by atoms with Crippen LogP contribution in [0.3, 0.4) is 0 Å². The second kappa shape index (κ2) is 18.5. The van der Waals surface area contributed by atoms with Crippen molar-refractivity contribution >= 4 is 51.1 Å². The standard InChI is InChI=1S/C39H58ClN3O11S/c1-13-15-23(2)18-27-19-28(34(40)29(20-27)51-10)43(8)33(45)21-31(53-36(46)25(4)42(7)32(44)16-14-17-55(11,12)49)38(6)35(54-38)24(3)30-22-39(48,26(5)50-9)41-37(47)52-30/h1,15,19-20,24-26,30-31,35,48,55H,14,16-18,21-22H2,2-12H3,(H,41,47)/b23-15+/t24-,25+,26-,30+,31+,35+,38?,39+/m1/s1. The van der Waals surface area contributed by atoms with E-state index in [9.17, 15) is 28.5 Å². The first-order valence-corrected chi connectivity index (χ1v) is 21.3. The molecule has 2 aliphatic rings. The highest BCUT2D eigenvalue weighted by Crippen LogP contribution is 2.49. The number of alkyl carbamates (subject to hydrolysis) is 1. The molecular formula is C39H58ClN3O11S. The lowest BCUT2D eigenvalue weighted by Gasteiger charge is -2.41. The molecule has 308 valence electrons. The molecule has 2 N–H and O–H groups in total. The highest BCUT2D eigenvalue weighted by molar-refractivity contribution is 8.01. The Balaban J connectivity index is 1.93. The average Bonchev–Trinajstić information content (AvgIpc) is 3.81. The first-order valence-electron chi connectivity index (χ1n) is 18.2. The Kier molecular flexibility index (Phi) is 15.4. The fourth-order valence-electron chi connectivity index (χ4n) is 6.66. The topological polar surface area (TPSA) is 174 Å². The molecule has 3 rings (SSSR count). The molecule has 55 heavy (non-hydrogen) atoms. The molecule has 16 heteroatoms. The van der Waals surface area contributed by atoms with Crippen LogP contribution in [0.1, 0.15) is 65.9 Å². The minimum absolute atomic E-state index is 0.0287. The number of hydrogen-bond acceptors (Lipinski definition) is 11. The van der Waals surface area contributed by atoms with Crippen molar-refractivity contribution in [1.29, 1.82) is 0 Å². The van der Waals surface area contributed by atoms with Gasteiger partial charge in [0, 0.05) is 45.7 Å². The van der Waals surface area contributed by atoms with Crippen molar-refractivity contribution in [2.24, 2.45) is 5.92 Å². The number of anilines is 1. The molecule has 1 unspecified atom stereocenters. The van der Waals surface area contributed by atoms with Crippen molar-refractivity contribution in [3.05, 3.63) is 34.4 Å². The van der Waals surface area contributed by atoms with Crippen molar-refractivity contribution in [2.75, 3.05) is 51.5 Å². The zero-order valence-corrected chi connectivity index (χ0v) is 35.4. The number of benzene rings is 1. The van der Waals surface area contributed by atoms with Crippen molar-refractivity contribution in [1.82, 2.24) is 10.2 Å². The molecule has 2 saturated heterocycles. The number of nitrogens with zero attached hydrogens (tertiary/aromatic N) is 2. The number of amides is 3. The Morgan fingerprint density at radius 2 is 1.85 bits per heavy atom. The second-order valence-corrected chi connectivity index (χ2v) is 19.3. The lowest BCUT2D eigenvalue weighted by atomic mass is 9.84. The average molecular weight is 812 g/mol. The quantitative estimate of drug-likeness (QED) is 0.0855. The van der Waals surface area contributed by atoms with E-state index in [0.717, 1.165) is 11.1 Å². The normalized spacial score (nSPS) is 24.9. The summed E-state index contributed by atoms with van der Waals surface area (Å²) in [7, 11) is 3.58. The number of thiol groups is 1. The molecule has 1 aromatic rings. The first-order chi connectivity index (χ1) is 25.5. The lowest BCUT2D eigenvalue weighted by molar-refractivity contribution is -0.162. The van der Waals surface area contributed by atoms with Crippen LogP contribution >= 0.6 is 11.6 Å². The van der Waals surface area contributed by atoms with E-state index in [1.54, 1.807) is 58.5 Å². The van der Waals surface area contributed by atoms with Gasteiger partial charge in [-0.1, -0.05) is 30.0 Å². The lowest BCUT2D eigenvalue weighted by Crippen LogP contribution is -2.63. The summed E-state index contributed by atoms with van der Waals surface area (Å²) >= 11 is 6.72. The Morgan fingerprint density at radius 1 is 1.20 bits per heavy atom. The number of carbonyl (C=O) groups excluding carboxylic acids is 4. The van der Waals surface area contributed by atoms with Gasteiger partial charge in [-0.05, 0) is 76.8 Å². The molecule has 2 aliphatic heterocycles. The predicted molar refractivity (Wildman–Crippen MR) is 212 cm³/mol. The van der Waals surface area contributed by atoms with Crippen molar-refractivity contribution < 1.29 is 52.2 Å². The van der Waals surface area contributed by atoms with Gasteiger partial charge in [-0.3, -0.25) is 19.1 Å². The highest BCUT2D eigenvalue weighted by atomic mass is 35.5. The molecule has 0 aromatic heterocycles. The molecule has 0 spiro atoms. The van der Waals surface area contributed by atoms with E-state index < -0.39 is 75.6 Å². The van der Waals surface area contributed by atoms with Gasteiger partial charge in [0.1, 0.15) is 40.7 Å². The first kappa shape index (κ1) is 45.7. The number of epoxide rings is 1. The zero-order chi connectivity index (χ0) is 41.6. The number of likely N-dealkylation sites (N-methyl/N-ethyl adjacent to an activating group) is 1. The highest BCUT2D eigenvalue weighted by Gasteiger charge is 2.64. The summed E-state index contributed by atoms with van der Waals surface area (Å²) in [4.78, 5) is 56.1. The minimum Gasteiger partial charge on any atom is -0.495 e. The van der Waals surface area contributed by atoms with E-state index in [1.165, 1.54) is 38.0 Å². The van der Waals surface area contributed by atoms with Gasteiger partial charge in [-0.15, -0.1) is 16.4 Å².